The first kappa shape index (κ1) is 5.17. The lowest BCUT2D eigenvalue weighted by molar-refractivity contribution is 0.609. The summed E-state index contributed by atoms with van der Waals surface area (Å²) in [5.74, 6) is 0. The summed E-state index contributed by atoms with van der Waals surface area (Å²) in [7, 11) is 1.28. The molecule has 0 unspecified atom stereocenters. The molecule has 11 heavy (non-hydrogen) atoms. The minimum Gasteiger partial charge on any atom is -0.207 e. The van der Waals surface area contributed by atoms with Crippen molar-refractivity contribution in [2.75, 3.05) is 0 Å². The first-order chi connectivity index (χ1) is 6.21. The highest BCUT2D eigenvalue weighted by atomic mass is 35.7. The summed E-state index contributed by atoms with van der Waals surface area (Å²) in [6.07, 6.45) is 0. The molecular formula is C7H7ClO2S. The predicted octanol–water partition coefficient (Wildman–Crippen LogP) is 1.92. The van der Waals surface area contributed by atoms with Gasteiger partial charge in [0.2, 0.25) is 0 Å². The van der Waals surface area contributed by atoms with E-state index in [1.165, 1.54) is 24.3 Å². The van der Waals surface area contributed by atoms with E-state index in [0.717, 1.165) is 0 Å². The SMILES string of the molecule is [2H]C([2H])([2H])c1ccc(S(=O)(=O)Cl)cc1. The van der Waals surface area contributed by atoms with Crippen molar-refractivity contribution in [3.63, 3.8) is 0 Å². The summed E-state index contributed by atoms with van der Waals surface area (Å²) in [6, 6.07) is 4.79. The van der Waals surface area contributed by atoms with E-state index < -0.39 is 15.9 Å². The average molecular weight is 194 g/mol. The van der Waals surface area contributed by atoms with E-state index in [1.54, 1.807) is 0 Å². The third-order valence-electron chi connectivity index (χ3n) is 1.14. The van der Waals surface area contributed by atoms with Crippen LogP contribution in [0.2, 0.25) is 0 Å². The van der Waals surface area contributed by atoms with Crippen LogP contribution in [0.15, 0.2) is 29.2 Å². The molecule has 0 aliphatic heterocycles. The van der Waals surface area contributed by atoms with Crippen LogP contribution in [-0.2, 0) is 9.05 Å². The molecule has 1 aromatic rings. The maximum atomic E-state index is 10.8. The van der Waals surface area contributed by atoms with Crippen LogP contribution in [0.25, 0.3) is 0 Å². The van der Waals surface area contributed by atoms with Crippen molar-refractivity contribution in [3.8, 4) is 0 Å². The van der Waals surface area contributed by atoms with Crippen LogP contribution >= 0.6 is 10.7 Å². The van der Waals surface area contributed by atoms with Gasteiger partial charge < -0.3 is 0 Å². The van der Waals surface area contributed by atoms with E-state index >= 15 is 0 Å². The van der Waals surface area contributed by atoms with Crippen molar-refractivity contribution in [3.05, 3.63) is 29.8 Å². The Kier molecular flexibility index (Phi) is 1.33. The number of hydrogen-bond acceptors (Lipinski definition) is 2. The first-order valence-electron chi connectivity index (χ1n) is 4.26. The lowest BCUT2D eigenvalue weighted by Gasteiger charge is -1.94. The molecule has 0 fully saturated rings. The molecule has 2 nitrogen and oxygen atoms in total. The quantitative estimate of drug-likeness (QED) is 0.639. The molecule has 0 aliphatic rings. The molecule has 0 saturated carbocycles. The minimum atomic E-state index is -3.78. The van der Waals surface area contributed by atoms with Crippen LogP contribution in [0.5, 0.6) is 0 Å². The van der Waals surface area contributed by atoms with Crippen LogP contribution in [-0.4, -0.2) is 8.42 Å². The molecule has 0 atom stereocenters. The second-order valence-corrected chi connectivity index (χ2v) is 4.53. The molecule has 0 bridgehead atoms. The number of hydrogen-bond donors (Lipinski definition) is 0. The minimum absolute atomic E-state index is 0.0848. The second-order valence-electron chi connectivity index (χ2n) is 1.96. The molecular weight excluding hydrogens is 184 g/mol. The summed E-state index contributed by atoms with van der Waals surface area (Å²) in [5, 5.41) is 0. The fourth-order valence-electron chi connectivity index (χ4n) is 0.617. The number of halogens is 1. The smallest absolute Gasteiger partial charge is 0.207 e. The molecule has 1 aromatic carbocycles. The zero-order chi connectivity index (χ0) is 11.0. The standard InChI is InChI=1S/C7H7ClO2S/c1-6-2-4-7(5-3-6)11(8,9)10/h2-5H,1H3/i1D3. The van der Waals surface area contributed by atoms with Crippen LogP contribution in [0.3, 0.4) is 0 Å². The normalized spacial score (nSPS) is 16.6. The number of rotatable bonds is 1. The second kappa shape index (κ2) is 2.83. The van der Waals surface area contributed by atoms with Crippen molar-refractivity contribution in [2.24, 2.45) is 0 Å². The predicted molar refractivity (Wildman–Crippen MR) is 44.2 cm³/mol. The summed E-state index contributed by atoms with van der Waals surface area (Å²) < 4.78 is 42.8. The van der Waals surface area contributed by atoms with Gasteiger partial charge in [0.15, 0.2) is 0 Å². The Morgan fingerprint density at radius 2 is 1.91 bits per heavy atom. The van der Waals surface area contributed by atoms with Crippen LogP contribution < -0.4 is 0 Å². The van der Waals surface area contributed by atoms with Gasteiger partial charge in [0.05, 0.1) is 4.90 Å². The largest absolute Gasteiger partial charge is 0.261 e. The van der Waals surface area contributed by atoms with Gasteiger partial charge in [-0.05, 0) is 19.0 Å². The lowest BCUT2D eigenvalue weighted by atomic mass is 10.2. The van der Waals surface area contributed by atoms with Crippen molar-refractivity contribution in [1.29, 1.82) is 0 Å². The summed E-state index contributed by atoms with van der Waals surface area (Å²) in [6.45, 7) is -2.23. The zero-order valence-corrected chi connectivity index (χ0v) is 6.98. The monoisotopic (exact) mass is 193 g/mol. The Balaban J connectivity index is 3.14. The van der Waals surface area contributed by atoms with Crippen LogP contribution in [0, 0.1) is 6.85 Å². The summed E-state index contributed by atoms with van der Waals surface area (Å²) in [4.78, 5) is -0.104. The van der Waals surface area contributed by atoms with Crippen LogP contribution in [0.1, 0.15) is 9.68 Å². The fourth-order valence-corrected chi connectivity index (χ4v) is 1.39. The van der Waals surface area contributed by atoms with Gasteiger partial charge in [-0.15, -0.1) is 0 Å². The topological polar surface area (TPSA) is 34.1 Å². The van der Waals surface area contributed by atoms with Gasteiger partial charge >= 0.3 is 0 Å². The van der Waals surface area contributed by atoms with E-state index in [1.807, 2.05) is 0 Å². The highest BCUT2D eigenvalue weighted by Crippen LogP contribution is 2.14. The Hall–Kier alpha value is -0.540. The molecule has 0 saturated heterocycles. The molecule has 0 amide bonds. The molecule has 0 radical (unpaired) electrons. The molecule has 4 heteroatoms. The van der Waals surface area contributed by atoms with Gasteiger partial charge in [0.1, 0.15) is 0 Å². The maximum absolute atomic E-state index is 10.8. The fraction of sp³-hybridized carbons (Fsp3) is 0.143. The molecule has 0 aromatic heterocycles. The molecule has 60 valence electrons. The highest BCUT2D eigenvalue weighted by Gasteiger charge is 2.07. The molecule has 0 heterocycles. The van der Waals surface area contributed by atoms with Gasteiger partial charge in [0.25, 0.3) is 9.05 Å². The summed E-state index contributed by atoms with van der Waals surface area (Å²) >= 11 is 0. The molecule has 0 aliphatic carbocycles. The Labute approximate surface area is 74.4 Å². The Morgan fingerprint density at radius 1 is 1.36 bits per heavy atom. The third-order valence-corrected chi connectivity index (χ3v) is 2.51. The summed E-state index contributed by atoms with van der Waals surface area (Å²) in [5.41, 5.74) is 0.0848. The Bertz CT molecular complexity index is 421. The van der Waals surface area contributed by atoms with E-state index in [0.29, 0.717) is 0 Å². The average Bonchev–Trinajstić information content (AvgIpc) is 2.01. The maximum Gasteiger partial charge on any atom is 0.261 e. The van der Waals surface area contributed by atoms with Crippen molar-refractivity contribution in [2.45, 2.75) is 11.7 Å². The van der Waals surface area contributed by atoms with Crippen LogP contribution in [0.4, 0.5) is 0 Å². The third kappa shape index (κ3) is 2.20. The van der Waals surface area contributed by atoms with Crippen molar-refractivity contribution < 1.29 is 12.5 Å². The highest BCUT2D eigenvalue weighted by molar-refractivity contribution is 8.13. The van der Waals surface area contributed by atoms with Gasteiger partial charge in [0, 0.05) is 14.8 Å². The zero-order valence-electron chi connectivity index (χ0n) is 8.41. The molecule has 0 spiro atoms. The van der Waals surface area contributed by atoms with E-state index in [9.17, 15) is 8.42 Å². The van der Waals surface area contributed by atoms with Crippen molar-refractivity contribution in [1.82, 2.24) is 0 Å². The van der Waals surface area contributed by atoms with Gasteiger partial charge in [-0.25, -0.2) is 8.42 Å². The lowest BCUT2D eigenvalue weighted by Crippen LogP contribution is -1.89. The van der Waals surface area contributed by atoms with Crippen molar-refractivity contribution >= 4 is 19.7 Å². The Morgan fingerprint density at radius 3 is 2.27 bits per heavy atom. The van der Waals surface area contributed by atoms with E-state index in [-0.39, 0.29) is 10.5 Å². The van der Waals surface area contributed by atoms with Gasteiger partial charge in [-0.1, -0.05) is 17.7 Å². The first-order valence-corrected chi connectivity index (χ1v) is 5.07. The molecule has 1 rings (SSSR count). The number of benzene rings is 1. The van der Waals surface area contributed by atoms with Gasteiger partial charge in [-0.3, -0.25) is 0 Å². The van der Waals surface area contributed by atoms with Gasteiger partial charge in [-0.2, -0.15) is 0 Å². The molecule has 0 N–H and O–H groups in total. The van der Waals surface area contributed by atoms with E-state index in [2.05, 4.69) is 0 Å². The number of aryl methyl sites for hydroxylation is 1. The van der Waals surface area contributed by atoms with E-state index in [4.69, 9.17) is 14.8 Å².